The van der Waals surface area contributed by atoms with Crippen LogP contribution in [0.15, 0.2) is 58.3 Å². The van der Waals surface area contributed by atoms with Crippen molar-refractivity contribution in [1.29, 1.82) is 0 Å². The summed E-state index contributed by atoms with van der Waals surface area (Å²) in [6.45, 7) is 0.917. The third-order valence-corrected chi connectivity index (χ3v) is 7.06. The zero-order valence-corrected chi connectivity index (χ0v) is 17.7. The molecule has 29 heavy (non-hydrogen) atoms. The van der Waals surface area contributed by atoms with Gasteiger partial charge in [0.05, 0.1) is 10.6 Å². The number of hydrogen-bond acceptors (Lipinski definition) is 5. The van der Waals surface area contributed by atoms with E-state index in [9.17, 15) is 18.0 Å². The molecule has 154 valence electrons. The Labute approximate surface area is 174 Å². The fourth-order valence-corrected chi connectivity index (χ4v) is 4.70. The molecular formula is C20H23N3O4S2. The second kappa shape index (κ2) is 9.43. The molecule has 0 aliphatic carbocycles. The van der Waals surface area contributed by atoms with Crippen LogP contribution in [0.4, 0.5) is 5.69 Å². The van der Waals surface area contributed by atoms with Crippen LogP contribution in [0, 0.1) is 0 Å². The molecule has 1 aliphatic heterocycles. The van der Waals surface area contributed by atoms with Crippen molar-refractivity contribution in [3.05, 3.63) is 54.1 Å². The predicted octanol–water partition coefficient (Wildman–Crippen LogP) is 2.13. The summed E-state index contributed by atoms with van der Waals surface area (Å²) >= 11 is 1.73. The van der Waals surface area contributed by atoms with Crippen molar-refractivity contribution in [1.82, 2.24) is 10.0 Å². The van der Waals surface area contributed by atoms with Crippen LogP contribution in [0.25, 0.3) is 0 Å². The molecule has 2 N–H and O–H groups in total. The van der Waals surface area contributed by atoms with E-state index in [1.54, 1.807) is 28.8 Å². The molecule has 0 atom stereocenters. The van der Waals surface area contributed by atoms with Gasteiger partial charge in [0.2, 0.25) is 21.8 Å². The van der Waals surface area contributed by atoms with Gasteiger partial charge in [-0.1, -0.05) is 24.3 Å². The minimum absolute atomic E-state index is 0.0606. The molecule has 0 fully saturated rings. The minimum Gasteiger partial charge on any atom is -0.352 e. The molecule has 1 heterocycles. The fraction of sp³-hybridized carbons (Fsp3) is 0.300. The van der Waals surface area contributed by atoms with Crippen LogP contribution in [0.3, 0.4) is 0 Å². The SMILES string of the molecule is CNS(=O)(=O)c1ccc(CNC(=O)CCC(=O)N2CCSc3ccccc32)cc1. The number of carbonyl (C=O) groups excluding carboxylic acids is 2. The normalized spacial score (nSPS) is 13.6. The second-order valence-corrected chi connectivity index (χ2v) is 9.51. The molecule has 0 aromatic heterocycles. The molecule has 0 unspecified atom stereocenters. The Hall–Kier alpha value is -2.36. The first-order chi connectivity index (χ1) is 13.9. The molecule has 2 aromatic carbocycles. The number of anilines is 1. The van der Waals surface area contributed by atoms with E-state index >= 15 is 0 Å². The smallest absolute Gasteiger partial charge is 0.240 e. The van der Waals surface area contributed by atoms with Gasteiger partial charge in [0, 0.05) is 36.6 Å². The maximum Gasteiger partial charge on any atom is 0.240 e. The second-order valence-electron chi connectivity index (χ2n) is 6.49. The van der Waals surface area contributed by atoms with E-state index in [4.69, 9.17) is 0 Å². The van der Waals surface area contributed by atoms with Crippen molar-refractivity contribution < 1.29 is 18.0 Å². The van der Waals surface area contributed by atoms with Crippen LogP contribution in [0.1, 0.15) is 18.4 Å². The summed E-state index contributed by atoms with van der Waals surface area (Å²) in [4.78, 5) is 27.7. The van der Waals surface area contributed by atoms with Crippen molar-refractivity contribution in [2.24, 2.45) is 0 Å². The molecule has 3 rings (SSSR count). The van der Waals surface area contributed by atoms with Crippen molar-refractivity contribution in [3.8, 4) is 0 Å². The Morgan fingerprint density at radius 1 is 1.07 bits per heavy atom. The predicted molar refractivity (Wildman–Crippen MR) is 113 cm³/mol. The minimum atomic E-state index is -3.48. The Morgan fingerprint density at radius 2 is 1.79 bits per heavy atom. The number of carbonyl (C=O) groups is 2. The third-order valence-electron chi connectivity index (χ3n) is 4.59. The number of rotatable bonds is 7. The largest absolute Gasteiger partial charge is 0.352 e. The zero-order valence-electron chi connectivity index (χ0n) is 16.1. The van der Waals surface area contributed by atoms with Crippen LogP contribution in [0.5, 0.6) is 0 Å². The van der Waals surface area contributed by atoms with Gasteiger partial charge < -0.3 is 10.2 Å². The van der Waals surface area contributed by atoms with E-state index in [0.29, 0.717) is 6.54 Å². The first kappa shape index (κ1) is 21.4. The summed E-state index contributed by atoms with van der Waals surface area (Å²) in [5, 5.41) is 2.77. The highest BCUT2D eigenvalue weighted by Gasteiger charge is 2.22. The summed E-state index contributed by atoms with van der Waals surface area (Å²) in [7, 11) is -2.12. The molecule has 1 aliphatic rings. The summed E-state index contributed by atoms with van der Waals surface area (Å²) in [6.07, 6.45) is 0.251. The lowest BCUT2D eigenvalue weighted by molar-refractivity contribution is -0.125. The van der Waals surface area contributed by atoms with Crippen LogP contribution in [-0.4, -0.2) is 39.6 Å². The van der Waals surface area contributed by atoms with Crippen molar-refractivity contribution in [2.45, 2.75) is 29.2 Å². The molecule has 2 amide bonds. The molecule has 2 aromatic rings. The number of nitrogens with one attached hydrogen (secondary N) is 2. The average Bonchev–Trinajstić information content (AvgIpc) is 2.76. The van der Waals surface area contributed by atoms with Crippen LogP contribution in [-0.2, 0) is 26.2 Å². The van der Waals surface area contributed by atoms with E-state index in [2.05, 4.69) is 10.0 Å². The van der Waals surface area contributed by atoms with Gasteiger partial charge in [0.1, 0.15) is 0 Å². The lowest BCUT2D eigenvalue weighted by Gasteiger charge is -2.29. The monoisotopic (exact) mass is 433 g/mol. The lowest BCUT2D eigenvalue weighted by Crippen LogP contribution is -2.36. The summed E-state index contributed by atoms with van der Waals surface area (Å²) in [5.74, 6) is 0.563. The number of fused-ring (bicyclic) bond motifs is 1. The van der Waals surface area contributed by atoms with E-state index in [1.807, 2.05) is 24.3 Å². The van der Waals surface area contributed by atoms with Crippen LogP contribution < -0.4 is 14.9 Å². The Balaban J connectivity index is 1.49. The Kier molecular flexibility index (Phi) is 6.94. The molecule has 7 nitrogen and oxygen atoms in total. The van der Waals surface area contributed by atoms with Gasteiger partial charge in [-0.05, 0) is 36.9 Å². The van der Waals surface area contributed by atoms with Gasteiger partial charge in [-0.3, -0.25) is 9.59 Å². The Morgan fingerprint density at radius 3 is 2.52 bits per heavy atom. The third kappa shape index (κ3) is 5.37. The standard InChI is InChI=1S/C20H23N3O4S2/c1-21-29(26,27)16-8-6-15(7-9-16)14-22-19(24)10-11-20(25)23-12-13-28-18-5-3-2-4-17(18)23/h2-9,21H,10-14H2,1H3,(H,22,24). The van der Waals surface area contributed by atoms with Crippen LogP contribution in [0.2, 0.25) is 0 Å². The van der Waals surface area contributed by atoms with Gasteiger partial charge in [-0.25, -0.2) is 13.1 Å². The molecule has 0 saturated heterocycles. The molecule has 0 spiro atoms. The van der Waals surface area contributed by atoms with E-state index in [0.717, 1.165) is 21.9 Å². The lowest BCUT2D eigenvalue weighted by atomic mass is 10.2. The number of nitrogens with zero attached hydrogens (tertiary/aromatic N) is 1. The van der Waals surface area contributed by atoms with Crippen molar-refractivity contribution in [2.75, 3.05) is 24.2 Å². The van der Waals surface area contributed by atoms with Crippen molar-refractivity contribution >= 4 is 39.3 Å². The van der Waals surface area contributed by atoms with Gasteiger partial charge in [-0.15, -0.1) is 11.8 Å². The van der Waals surface area contributed by atoms with Crippen molar-refractivity contribution in [3.63, 3.8) is 0 Å². The number of hydrogen-bond donors (Lipinski definition) is 2. The number of sulfonamides is 1. The van der Waals surface area contributed by atoms with Crippen LogP contribution >= 0.6 is 11.8 Å². The van der Waals surface area contributed by atoms with E-state index < -0.39 is 10.0 Å². The topological polar surface area (TPSA) is 95.6 Å². The number of amides is 2. The van der Waals surface area contributed by atoms with Gasteiger partial charge in [0.25, 0.3) is 0 Å². The van der Waals surface area contributed by atoms with E-state index in [1.165, 1.54) is 19.2 Å². The Bertz CT molecular complexity index is 991. The highest BCUT2D eigenvalue weighted by atomic mass is 32.2. The number of para-hydroxylation sites is 1. The fourth-order valence-electron chi connectivity index (χ4n) is 2.98. The highest BCUT2D eigenvalue weighted by molar-refractivity contribution is 7.99. The summed E-state index contributed by atoms with van der Waals surface area (Å²) < 4.78 is 25.7. The van der Waals surface area contributed by atoms with Gasteiger partial charge in [-0.2, -0.15) is 0 Å². The first-order valence-corrected chi connectivity index (χ1v) is 11.7. The molecule has 9 heteroatoms. The van der Waals surface area contributed by atoms with E-state index in [-0.39, 0.29) is 36.1 Å². The molecule has 0 radical (unpaired) electrons. The summed E-state index contributed by atoms with van der Waals surface area (Å²) in [6, 6.07) is 14.1. The zero-order chi connectivity index (χ0) is 20.9. The van der Waals surface area contributed by atoms with Gasteiger partial charge in [0.15, 0.2) is 0 Å². The quantitative estimate of drug-likeness (QED) is 0.697. The van der Waals surface area contributed by atoms with Gasteiger partial charge >= 0.3 is 0 Å². The molecule has 0 saturated carbocycles. The maximum atomic E-state index is 12.6. The molecule has 0 bridgehead atoms. The maximum absolute atomic E-state index is 12.6. The average molecular weight is 434 g/mol. The molecular weight excluding hydrogens is 410 g/mol. The number of thioether (sulfide) groups is 1. The first-order valence-electron chi connectivity index (χ1n) is 9.22. The summed E-state index contributed by atoms with van der Waals surface area (Å²) in [5.41, 5.74) is 1.69. The highest BCUT2D eigenvalue weighted by Crippen LogP contribution is 2.34. The number of benzene rings is 2.